The van der Waals surface area contributed by atoms with Crippen LogP contribution >= 0.6 is 11.6 Å². The van der Waals surface area contributed by atoms with Crippen LogP contribution in [0.5, 0.6) is 0 Å². The van der Waals surface area contributed by atoms with Crippen molar-refractivity contribution in [2.24, 2.45) is 0 Å². The second kappa shape index (κ2) is 5.53. The predicted molar refractivity (Wildman–Crippen MR) is 69.8 cm³/mol. The molecule has 1 N–H and O–H groups in total. The van der Waals surface area contributed by atoms with E-state index in [-0.39, 0.29) is 11.1 Å². The molecule has 0 aliphatic heterocycles. The molecule has 0 saturated carbocycles. The van der Waals surface area contributed by atoms with Gasteiger partial charge in [-0.1, -0.05) is 17.7 Å². The van der Waals surface area contributed by atoms with Crippen molar-refractivity contribution in [2.75, 3.05) is 5.32 Å². The first-order chi connectivity index (χ1) is 8.97. The van der Waals surface area contributed by atoms with E-state index in [1.807, 2.05) is 0 Å². The van der Waals surface area contributed by atoms with E-state index >= 15 is 0 Å². The van der Waals surface area contributed by atoms with Crippen molar-refractivity contribution >= 4 is 17.3 Å². The van der Waals surface area contributed by atoms with Gasteiger partial charge >= 0.3 is 0 Å². The lowest BCUT2D eigenvalue weighted by atomic mass is 10.1. The molecule has 2 aromatic carbocycles. The van der Waals surface area contributed by atoms with Crippen LogP contribution in [0.15, 0.2) is 36.4 Å². The highest BCUT2D eigenvalue weighted by Gasteiger charge is 2.11. The molecule has 0 amide bonds. The highest BCUT2D eigenvalue weighted by Crippen LogP contribution is 2.27. The number of hydrogen-bond donors (Lipinski definition) is 1. The molecule has 5 heteroatoms. The maximum Gasteiger partial charge on any atom is 0.159 e. The second-order valence-corrected chi connectivity index (χ2v) is 4.57. The molecule has 2 aromatic rings. The minimum Gasteiger partial charge on any atom is -0.377 e. The van der Waals surface area contributed by atoms with E-state index in [1.165, 1.54) is 24.3 Å². The van der Waals surface area contributed by atoms with Crippen LogP contribution < -0.4 is 5.32 Å². The molecule has 19 heavy (non-hydrogen) atoms. The molecule has 0 aromatic heterocycles. The lowest BCUT2D eigenvalue weighted by Crippen LogP contribution is -2.07. The summed E-state index contributed by atoms with van der Waals surface area (Å²) in [6.45, 7) is 1.77. The van der Waals surface area contributed by atoms with Gasteiger partial charge < -0.3 is 5.32 Å². The molecule has 0 aliphatic carbocycles. The summed E-state index contributed by atoms with van der Waals surface area (Å²) in [5, 5.41) is 3.24. The summed E-state index contributed by atoms with van der Waals surface area (Å²) in [6, 6.07) is 7.31. The fraction of sp³-hybridized carbons (Fsp3) is 0.143. The van der Waals surface area contributed by atoms with Crippen molar-refractivity contribution in [1.29, 1.82) is 0 Å². The van der Waals surface area contributed by atoms with Crippen LogP contribution in [0.4, 0.5) is 18.9 Å². The van der Waals surface area contributed by atoms with E-state index in [9.17, 15) is 13.2 Å². The Hall–Kier alpha value is -1.68. The fourth-order valence-electron chi connectivity index (χ4n) is 1.70. The highest BCUT2D eigenvalue weighted by molar-refractivity contribution is 6.33. The van der Waals surface area contributed by atoms with E-state index < -0.39 is 17.5 Å². The molecule has 2 rings (SSSR count). The van der Waals surface area contributed by atoms with Gasteiger partial charge in [0.2, 0.25) is 0 Å². The molecule has 0 bridgehead atoms. The average Bonchev–Trinajstić information content (AvgIpc) is 2.36. The Morgan fingerprint density at radius 2 is 1.74 bits per heavy atom. The van der Waals surface area contributed by atoms with Crippen LogP contribution in [0, 0.1) is 17.5 Å². The van der Waals surface area contributed by atoms with Gasteiger partial charge in [-0.05, 0) is 42.8 Å². The first-order valence-electron chi connectivity index (χ1n) is 5.64. The number of benzene rings is 2. The Balaban J connectivity index is 2.20. The van der Waals surface area contributed by atoms with Crippen LogP contribution in [0.3, 0.4) is 0 Å². The third-order valence-corrected chi connectivity index (χ3v) is 3.06. The van der Waals surface area contributed by atoms with E-state index in [0.717, 1.165) is 12.1 Å². The number of nitrogens with one attached hydrogen (secondary N) is 1. The Bertz CT molecular complexity index is 601. The van der Waals surface area contributed by atoms with Gasteiger partial charge in [-0.25, -0.2) is 13.2 Å². The molecule has 0 fully saturated rings. The quantitative estimate of drug-likeness (QED) is 0.843. The topological polar surface area (TPSA) is 12.0 Å². The molecule has 100 valence electrons. The zero-order valence-corrected chi connectivity index (χ0v) is 10.8. The Morgan fingerprint density at radius 1 is 1.00 bits per heavy atom. The third kappa shape index (κ3) is 3.20. The zero-order chi connectivity index (χ0) is 14.0. The summed E-state index contributed by atoms with van der Waals surface area (Å²) in [5.74, 6) is -2.23. The molecule has 1 unspecified atom stereocenters. The summed E-state index contributed by atoms with van der Waals surface area (Å²) in [6.07, 6.45) is 0. The highest BCUT2D eigenvalue weighted by atomic mass is 35.5. The molecule has 0 spiro atoms. The lowest BCUT2D eigenvalue weighted by Gasteiger charge is -2.17. The van der Waals surface area contributed by atoms with Gasteiger partial charge in [0.1, 0.15) is 5.82 Å². The molecule has 0 aliphatic rings. The SMILES string of the molecule is CC(Nc1ccc(F)cc1Cl)c1ccc(F)c(F)c1. The van der Waals surface area contributed by atoms with Crippen molar-refractivity contribution in [3.05, 3.63) is 64.4 Å². The number of hydrogen-bond acceptors (Lipinski definition) is 1. The molecule has 0 saturated heterocycles. The van der Waals surface area contributed by atoms with Gasteiger partial charge in [0.25, 0.3) is 0 Å². The van der Waals surface area contributed by atoms with E-state index in [4.69, 9.17) is 11.6 Å². The Kier molecular flexibility index (Phi) is 4.00. The minimum atomic E-state index is -0.906. The summed E-state index contributed by atoms with van der Waals surface area (Å²) < 4.78 is 38.9. The van der Waals surface area contributed by atoms with Gasteiger partial charge in [0, 0.05) is 6.04 Å². The molecule has 0 heterocycles. The standard InChI is InChI=1S/C14H11ClF3N/c1-8(9-2-4-12(17)13(18)6-9)19-14-5-3-10(16)7-11(14)15/h2-8,19H,1H3. The number of rotatable bonds is 3. The Labute approximate surface area is 114 Å². The zero-order valence-electron chi connectivity index (χ0n) is 10.1. The summed E-state index contributed by atoms with van der Waals surface area (Å²) in [4.78, 5) is 0. The summed E-state index contributed by atoms with van der Waals surface area (Å²) >= 11 is 5.88. The maximum atomic E-state index is 13.1. The fourth-order valence-corrected chi connectivity index (χ4v) is 1.93. The lowest BCUT2D eigenvalue weighted by molar-refractivity contribution is 0.506. The van der Waals surface area contributed by atoms with Gasteiger partial charge in [-0.3, -0.25) is 0 Å². The first kappa shape index (κ1) is 13.7. The molecule has 1 nitrogen and oxygen atoms in total. The van der Waals surface area contributed by atoms with Crippen LogP contribution in [-0.4, -0.2) is 0 Å². The van der Waals surface area contributed by atoms with E-state index in [0.29, 0.717) is 11.3 Å². The van der Waals surface area contributed by atoms with Gasteiger partial charge in [0.05, 0.1) is 10.7 Å². The molecular weight excluding hydrogens is 275 g/mol. The van der Waals surface area contributed by atoms with Crippen LogP contribution in [0.25, 0.3) is 0 Å². The minimum absolute atomic E-state index is 0.231. The Morgan fingerprint density at radius 3 is 2.37 bits per heavy atom. The first-order valence-corrected chi connectivity index (χ1v) is 6.01. The monoisotopic (exact) mass is 285 g/mol. The van der Waals surface area contributed by atoms with Crippen LogP contribution in [0.1, 0.15) is 18.5 Å². The van der Waals surface area contributed by atoms with Crippen molar-refractivity contribution in [3.63, 3.8) is 0 Å². The van der Waals surface area contributed by atoms with E-state index in [1.54, 1.807) is 6.92 Å². The maximum absolute atomic E-state index is 13.1. The average molecular weight is 286 g/mol. The predicted octanol–water partition coefficient (Wildman–Crippen LogP) is 4.93. The molecular formula is C14H11ClF3N. The van der Waals surface area contributed by atoms with Crippen molar-refractivity contribution < 1.29 is 13.2 Å². The van der Waals surface area contributed by atoms with Gasteiger partial charge in [-0.15, -0.1) is 0 Å². The number of halogens is 4. The van der Waals surface area contributed by atoms with E-state index in [2.05, 4.69) is 5.32 Å². The summed E-state index contributed by atoms with van der Waals surface area (Å²) in [5.41, 5.74) is 1.10. The van der Waals surface area contributed by atoms with Crippen LogP contribution in [0.2, 0.25) is 5.02 Å². The van der Waals surface area contributed by atoms with Crippen molar-refractivity contribution in [1.82, 2.24) is 0 Å². The largest absolute Gasteiger partial charge is 0.377 e. The van der Waals surface area contributed by atoms with Gasteiger partial charge in [-0.2, -0.15) is 0 Å². The van der Waals surface area contributed by atoms with Gasteiger partial charge in [0.15, 0.2) is 11.6 Å². The molecule has 0 radical (unpaired) electrons. The second-order valence-electron chi connectivity index (χ2n) is 4.16. The smallest absolute Gasteiger partial charge is 0.159 e. The van der Waals surface area contributed by atoms with Crippen LogP contribution in [-0.2, 0) is 0 Å². The van der Waals surface area contributed by atoms with Crippen molar-refractivity contribution in [3.8, 4) is 0 Å². The third-order valence-electron chi connectivity index (χ3n) is 2.75. The molecule has 1 atom stereocenters. The summed E-state index contributed by atoms with van der Waals surface area (Å²) in [7, 11) is 0. The normalized spacial score (nSPS) is 12.3. The number of anilines is 1. The van der Waals surface area contributed by atoms with Crippen molar-refractivity contribution in [2.45, 2.75) is 13.0 Å².